The summed E-state index contributed by atoms with van der Waals surface area (Å²) in [6.07, 6.45) is 2.43. The lowest BCUT2D eigenvalue weighted by atomic mass is 10.2. The summed E-state index contributed by atoms with van der Waals surface area (Å²) >= 11 is 9.42. The number of aryl methyl sites for hydroxylation is 1. The molecule has 0 saturated heterocycles. The van der Waals surface area contributed by atoms with E-state index < -0.39 is 0 Å². The molecule has 3 rings (SSSR count). The van der Waals surface area contributed by atoms with Crippen molar-refractivity contribution >= 4 is 44.8 Å². The van der Waals surface area contributed by atoms with E-state index in [0.29, 0.717) is 22.8 Å². The molecule has 1 amide bonds. The van der Waals surface area contributed by atoms with Crippen LogP contribution in [0.4, 0.5) is 5.69 Å². The average Bonchev–Trinajstić information content (AvgIpc) is 2.87. The maximum absolute atomic E-state index is 12.7. The molecule has 6 heteroatoms. The van der Waals surface area contributed by atoms with Crippen LogP contribution in [-0.2, 0) is 6.42 Å². The van der Waals surface area contributed by atoms with Crippen molar-refractivity contribution in [2.45, 2.75) is 13.3 Å². The largest absolute Gasteiger partial charge is 0.320 e. The Bertz CT molecular complexity index is 860. The Balaban J connectivity index is 2.05. The van der Waals surface area contributed by atoms with Gasteiger partial charge in [0.2, 0.25) is 0 Å². The number of benzene rings is 1. The highest BCUT2D eigenvalue weighted by Crippen LogP contribution is 2.23. The number of amides is 1. The molecule has 2 aromatic heterocycles. The second kappa shape index (κ2) is 6.10. The van der Waals surface area contributed by atoms with Crippen molar-refractivity contribution in [2.75, 3.05) is 5.32 Å². The summed E-state index contributed by atoms with van der Waals surface area (Å²) in [6, 6.07) is 11.0. The van der Waals surface area contributed by atoms with Gasteiger partial charge in [-0.15, -0.1) is 0 Å². The number of hydrogen-bond acceptors (Lipinski definition) is 2. The fourth-order valence-corrected chi connectivity index (χ4v) is 2.84. The second-order valence-corrected chi connectivity index (χ2v) is 6.06. The highest BCUT2D eigenvalue weighted by Gasteiger charge is 2.19. The number of fused-ring (bicyclic) bond motifs is 1. The van der Waals surface area contributed by atoms with Gasteiger partial charge in [-0.1, -0.05) is 30.7 Å². The maximum atomic E-state index is 12.7. The Morgan fingerprint density at radius 1 is 1.36 bits per heavy atom. The Morgan fingerprint density at radius 3 is 2.86 bits per heavy atom. The molecule has 1 aromatic carbocycles. The second-order valence-electron chi connectivity index (χ2n) is 4.77. The zero-order chi connectivity index (χ0) is 15.7. The van der Waals surface area contributed by atoms with Gasteiger partial charge < -0.3 is 5.32 Å². The third kappa shape index (κ3) is 2.74. The molecule has 0 bridgehead atoms. The minimum absolute atomic E-state index is 0.196. The average molecular weight is 379 g/mol. The smallest absolute Gasteiger partial charge is 0.274 e. The Labute approximate surface area is 141 Å². The van der Waals surface area contributed by atoms with Crippen molar-refractivity contribution in [2.24, 2.45) is 0 Å². The van der Waals surface area contributed by atoms with Crippen LogP contribution in [0, 0.1) is 0 Å². The minimum Gasteiger partial charge on any atom is -0.320 e. The van der Waals surface area contributed by atoms with Crippen LogP contribution in [0.1, 0.15) is 23.1 Å². The number of hydrogen-bond donors (Lipinski definition) is 1. The van der Waals surface area contributed by atoms with Crippen molar-refractivity contribution < 1.29 is 4.79 Å². The van der Waals surface area contributed by atoms with Crippen LogP contribution in [0.15, 0.2) is 47.1 Å². The van der Waals surface area contributed by atoms with Crippen LogP contribution in [0.2, 0.25) is 5.02 Å². The monoisotopic (exact) mass is 377 g/mol. The quantitative estimate of drug-likeness (QED) is 0.726. The van der Waals surface area contributed by atoms with Crippen LogP contribution in [0.3, 0.4) is 0 Å². The Kier molecular flexibility index (Phi) is 4.18. The highest BCUT2D eigenvalue weighted by atomic mass is 79.9. The van der Waals surface area contributed by atoms with E-state index in [1.165, 1.54) is 0 Å². The van der Waals surface area contributed by atoms with E-state index in [2.05, 4.69) is 26.2 Å². The summed E-state index contributed by atoms with van der Waals surface area (Å²) < 4.78 is 2.59. The predicted molar refractivity (Wildman–Crippen MR) is 91.7 cm³/mol. The van der Waals surface area contributed by atoms with Crippen molar-refractivity contribution in [3.8, 4) is 0 Å². The summed E-state index contributed by atoms with van der Waals surface area (Å²) in [7, 11) is 0. The van der Waals surface area contributed by atoms with Crippen molar-refractivity contribution in [3.05, 3.63) is 63.5 Å². The van der Waals surface area contributed by atoms with Crippen molar-refractivity contribution in [1.82, 2.24) is 9.38 Å². The molecule has 1 N–H and O–H groups in total. The normalized spacial score (nSPS) is 10.9. The van der Waals surface area contributed by atoms with Gasteiger partial charge >= 0.3 is 0 Å². The van der Waals surface area contributed by atoms with Gasteiger partial charge in [-0.05, 0) is 40.5 Å². The topological polar surface area (TPSA) is 46.4 Å². The fraction of sp³-hybridized carbons (Fsp3) is 0.125. The molecule has 22 heavy (non-hydrogen) atoms. The molecule has 0 spiro atoms. The van der Waals surface area contributed by atoms with E-state index in [-0.39, 0.29) is 5.91 Å². The van der Waals surface area contributed by atoms with E-state index in [1.54, 1.807) is 22.7 Å². The Hall–Kier alpha value is -1.85. The third-order valence-electron chi connectivity index (χ3n) is 3.33. The number of imidazole rings is 1. The van der Waals surface area contributed by atoms with Crippen LogP contribution >= 0.6 is 27.5 Å². The fourth-order valence-electron chi connectivity index (χ4n) is 2.30. The maximum Gasteiger partial charge on any atom is 0.274 e. The molecule has 3 aromatic rings. The molecule has 0 aliphatic heterocycles. The molecule has 4 nitrogen and oxygen atoms in total. The van der Waals surface area contributed by atoms with Gasteiger partial charge in [-0.25, -0.2) is 4.98 Å². The number of rotatable bonds is 3. The molecular weight excluding hydrogens is 366 g/mol. The van der Waals surface area contributed by atoms with E-state index in [4.69, 9.17) is 11.6 Å². The zero-order valence-corrected chi connectivity index (χ0v) is 14.1. The summed E-state index contributed by atoms with van der Waals surface area (Å²) in [5.41, 5.74) is 2.66. The van der Waals surface area contributed by atoms with Gasteiger partial charge in [0.15, 0.2) is 0 Å². The molecular formula is C16H13BrClN3O. The number of carbonyl (C=O) groups excluding carboxylic acids is 1. The van der Waals surface area contributed by atoms with E-state index in [9.17, 15) is 4.79 Å². The molecule has 0 unspecified atom stereocenters. The van der Waals surface area contributed by atoms with Gasteiger partial charge in [0.1, 0.15) is 11.3 Å². The standard InChI is InChI=1S/C16H13BrClN3O/c1-2-12-15(21-8-7-10(18)9-14(21)19-12)16(22)20-13-6-4-3-5-11(13)17/h3-9H,2H2,1H3,(H,20,22). The van der Waals surface area contributed by atoms with Gasteiger partial charge in [0.05, 0.1) is 11.4 Å². The SMILES string of the molecule is CCc1nc2cc(Cl)ccn2c1C(=O)Nc1ccccc1Br. The van der Waals surface area contributed by atoms with Gasteiger partial charge in [-0.3, -0.25) is 9.20 Å². The van der Waals surface area contributed by atoms with Crippen LogP contribution < -0.4 is 5.32 Å². The number of carbonyl (C=O) groups is 1. The third-order valence-corrected chi connectivity index (χ3v) is 4.26. The van der Waals surface area contributed by atoms with Crippen LogP contribution in [0.25, 0.3) is 5.65 Å². The van der Waals surface area contributed by atoms with Gasteiger partial charge in [-0.2, -0.15) is 0 Å². The molecule has 0 aliphatic rings. The summed E-state index contributed by atoms with van der Waals surface area (Å²) in [5.74, 6) is -0.196. The number of aromatic nitrogens is 2. The molecule has 0 fully saturated rings. The molecule has 0 atom stereocenters. The molecule has 0 saturated carbocycles. The van der Waals surface area contributed by atoms with Gasteiger partial charge in [0.25, 0.3) is 5.91 Å². The first-order chi connectivity index (χ1) is 10.6. The molecule has 0 radical (unpaired) electrons. The molecule has 112 valence electrons. The van der Waals surface area contributed by atoms with Crippen LogP contribution in [0.5, 0.6) is 0 Å². The number of para-hydroxylation sites is 1. The van der Waals surface area contributed by atoms with Crippen LogP contribution in [-0.4, -0.2) is 15.3 Å². The minimum atomic E-state index is -0.196. The predicted octanol–water partition coefficient (Wildman–Crippen LogP) is 4.56. The lowest BCUT2D eigenvalue weighted by Gasteiger charge is -2.08. The van der Waals surface area contributed by atoms with Gasteiger partial charge in [0, 0.05) is 21.8 Å². The lowest BCUT2D eigenvalue weighted by molar-refractivity contribution is 0.102. The number of pyridine rings is 1. The number of anilines is 1. The number of halogens is 2. The molecule has 2 heterocycles. The lowest BCUT2D eigenvalue weighted by Crippen LogP contribution is -2.16. The summed E-state index contributed by atoms with van der Waals surface area (Å²) in [6.45, 7) is 1.97. The number of nitrogens with one attached hydrogen (secondary N) is 1. The van der Waals surface area contributed by atoms with E-state index in [1.807, 2.05) is 31.2 Å². The number of nitrogens with zero attached hydrogens (tertiary/aromatic N) is 2. The summed E-state index contributed by atoms with van der Waals surface area (Å²) in [5, 5.41) is 3.51. The van der Waals surface area contributed by atoms with Crippen molar-refractivity contribution in [1.29, 1.82) is 0 Å². The van der Waals surface area contributed by atoms with E-state index in [0.717, 1.165) is 15.9 Å². The highest BCUT2D eigenvalue weighted by molar-refractivity contribution is 9.10. The Morgan fingerprint density at radius 2 is 2.14 bits per heavy atom. The first-order valence-electron chi connectivity index (χ1n) is 6.82. The van der Waals surface area contributed by atoms with Crippen molar-refractivity contribution in [3.63, 3.8) is 0 Å². The summed E-state index contributed by atoms with van der Waals surface area (Å²) in [4.78, 5) is 17.2. The first kappa shape index (κ1) is 15.1. The van der Waals surface area contributed by atoms with E-state index >= 15 is 0 Å². The molecule has 0 aliphatic carbocycles. The first-order valence-corrected chi connectivity index (χ1v) is 7.99. The zero-order valence-electron chi connectivity index (χ0n) is 11.8.